The van der Waals surface area contributed by atoms with Gasteiger partial charge in [0.2, 0.25) is 0 Å². The van der Waals surface area contributed by atoms with Gasteiger partial charge in [-0.15, -0.1) is 0 Å². The third kappa shape index (κ3) is 3.70. The molecule has 1 heteroatoms. The molecule has 0 bridgehead atoms. The smallest absolute Gasteiger partial charge is 0.0577 e. The molecule has 0 aromatic carbocycles. The highest BCUT2D eigenvalue weighted by Gasteiger charge is 2.63. The molecule has 3 saturated carbocycles. The quantitative estimate of drug-likeness (QED) is 0.439. The van der Waals surface area contributed by atoms with Crippen LogP contribution in [0.4, 0.5) is 0 Å². The van der Waals surface area contributed by atoms with E-state index >= 15 is 0 Å². The third-order valence-electron chi connectivity index (χ3n) is 11.3. The van der Waals surface area contributed by atoms with E-state index in [0.29, 0.717) is 22.2 Å². The van der Waals surface area contributed by atoms with Crippen LogP contribution in [0.2, 0.25) is 0 Å². The van der Waals surface area contributed by atoms with Crippen molar-refractivity contribution in [2.75, 3.05) is 0 Å². The Balaban J connectivity index is 1.57. The Bertz CT molecular complexity index is 718. The second-order valence-electron chi connectivity index (χ2n) is 13.1. The Hall–Kier alpha value is -0.560. The van der Waals surface area contributed by atoms with Gasteiger partial charge in [-0.3, -0.25) is 0 Å². The van der Waals surface area contributed by atoms with Crippen molar-refractivity contribution in [1.82, 2.24) is 0 Å². The molecule has 0 aromatic heterocycles. The largest absolute Gasteiger partial charge is 0.393 e. The highest BCUT2D eigenvalue weighted by atomic mass is 16.3. The van der Waals surface area contributed by atoms with E-state index in [1.54, 1.807) is 5.57 Å². The first-order valence-electron chi connectivity index (χ1n) is 13.6. The fourth-order valence-electron chi connectivity index (χ4n) is 9.48. The lowest BCUT2D eigenvalue weighted by molar-refractivity contribution is -0.112. The van der Waals surface area contributed by atoms with Gasteiger partial charge in [0.1, 0.15) is 0 Å². The minimum absolute atomic E-state index is 0.0983. The van der Waals surface area contributed by atoms with Crippen LogP contribution in [0.25, 0.3) is 0 Å². The molecular formula is C30H50O. The van der Waals surface area contributed by atoms with Gasteiger partial charge in [-0.05, 0) is 110 Å². The van der Waals surface area contributed by atoms with Crippen molar-refractivity contribution in [3.63, 3.8) is 0 Å². The van der Waals surface area contributed by atoms with Crippen LogP contribution >= 0.6 is 0 Å². The summed E-state index contributed by atoms with van der Waals surface area (Å²) in [6, 6.07) is 0. The van der Waals surface area contributed by atoms with E-state index in [2.05, 4.69) is 66.7 Å². The summed E-state index contributed by atoms with van der Waals surface area (Å²) in [4.78, 5) is 0. The average molecular weight is 427 g/mol. The number of fused-ring (bicyclic) bond motifs is 5. The van der Waals surface area contributed by atoms with Crippen molar-refractivity contribution in [3.8, 4) is 0 Å². The topological polar surface area (TPSA) is 20.2 Å². The summed E-state index contributed by atoms with van der Waals surface area (Å²) in [5.74, 6) is 4.66. The van der Waals surface area contributed by atoms with Gasteiger partial charge in [0.25, 0.3) is 0 Å². The molecule has 31 heavy (non-hydrogen) atoms. The van der Waals surface area contributed by atoms with Gasteiger partial charge in [0, 0.05) is 0 Å². The van der Waals surface area contributed by atoms with E-state index in [9.17, 15) is 5.11 Å². The molecule has 1 nitrogen and oxygen atoms in total. The first-order valence-corrected chi connectivity index (χ1v) is 13.6. The Morgan fingerprint density at radius 2 is 1.71 bits per heavy atom. The van der Waals surface area contributed by atoms with E-state index in [0.717, 1.165) is 42.4 Å². The molecule has 4 aliphatic carbocycles. The third-order valence-corrected chi connectivity index (χ3v) is 11.3. The normalized spacial score (nSPS) is 46.9. The van der Waals surface area contributed by atoms with E-state index in [1.165, 1.54) is 44.9 Å². The molecule has 0 heterocycles. The summed E-state index contributed by atoms with van der Waals surface area (Å²) >= 11 is 0. The van der Waals surface area contributed by atoms with Gasteiger partial charge in [-0.25, -0.2) is 0 Å². The highest BCUT2D eigenvalue weighted by molar-refractivity contribution is 5.28. The molecule has 0 radical (unpaired) electrons. The fraction of sp³-hybridized carbons (Fsp3) is 0.867. The maximum atomic E-state index is 10.3. The van der Waals surface area contributed by atoms with Crippen LogP contribution < -0.4 is 0 Å². The molecule has 4 aliphatic rings. The van der Waals surface area contributed by atoms with Crippen molar-refractivity contribution >= 4 is 0 Å². The van der Waals surface area contributed by atoms with Crippen LogP contribution in [0.5, 0.6) is 0 Å². The molecule has 3 fully saturated rings. The van der Waals surface area contributed by atoms with Gasteiger partial charge in [0.15, 0.2) is 0 Å². The first kappa shape index (κ1) is 23.6. The zero-order valence-corrected chi connectivity index (χ0v) is 21.6. The summed E-state index contributed by atoms with van der Waals surface area (Å²) in [7, 11) is 0. The SMILES string of the molecule is CCC(C=CC(C)C1CCC2C1(C)CCC1C3(C)CCC(O)CC3=CCC12C)C(C)C. The summed E-state index contributed by atoms with van der Waals surface area (Å²) in [5.41, 5.74) is 2.87. The number of hydrogen-bond donors (Lipinski definition) is 1. The second kappa shape index (κ2) is 8.34. The van der Waals surface area contributed by atoms with Crippen molar-refractivity contribution in [3.05, 3.63) is 23.8 Å². The summed E-state index contributed by atoms with van der Waals surface area (Å²) in [6.45, 7) is 17.5. The van der Waals surface area contributed by atoms with Crippen LogP contribution in [0, 0.1) is 51.8 Å². The number of hydrogen-bond acceptors (Lipinski definition) is 1. The van der Waals surface area contributed by atoms with Gasteiger partial charge < -0.3 is 5.11 Å². The zero-order valence-electron chi connectivity index (χ0n) is 21.6. The molecule has 176 valence electrons. The van der Waals surface area contributed by atoms with E-state index in [-0.39, 0.29) is 6.10 Å². The number of rotatable bonds is 5. The molecule has 0 aliphatic heterocycles. The number of aliphatic hydroxyl groups excluding tert-OH is 1. The Kier molecular flexibility index (Phi) is 6.35. The molecule has 4 rings (SSSR count). The lowest BCUT2D eigenvalue weighted by Gasteiger charge is -2.63. The minimum atomic E-state index is -0.0983. The number of aliphatic hydroxyl groups is 1. The molecule has 9 atom stereocenters. The van der Waals surface area contributed by atoms with Crippen LogP contribution in [-0.4, -0.2) is 11.2 Å². The molecular weight excluding hydrogens is 376 g/mol. The molecule has 0 amide bonds. The lowest BCUT2D eigenvalue weighted by atomic mass is 9.41. The van der Waals surface area contributed by atoms with Crippen molar-refractivity contribution < 1.29 is 5.11 Å². The summed E-state index contributed by atoms with van der Waals surface area (Å²) < 4.78 is 0. The van der Waals surface area contributed by atoms with Crippen LogP contribution in [0.15, 0.2) is 23.8 Å². The highest BCUT2D eigenvalue weighted by Crippen LogP contribution is 2.71. The first-order chi connectivity index (χ1) is 14.6. The summed E-state index contributed by atoms with van der Waals surface area (Å²) in [6.07, 6.45) is 18.9. The number of allylic oxidation sites excluding steroid dienone is 3. The van der Waals surface area contributed by atoms with Crippen LogP contribution in [0.1, 0.15) is 106 Å². The van der Waals surface area contributed by atoms with Gasteiger partial charge in [0.05, 0.1) is 6.10 Å². The molecule has 1 N–H and O–H groups in total. The molecule has 0 aromatic rings. The van der Waals surface area contributed by atoms with Crippen LogP contribution in [0.3, 0.4) is 0 Å². The second-order valence-corrected chi connectivity index (χ2v) is 13.1. The Morgan fingerprint density at radius 1 is 0.968 bits per heavy atom. The maximum Gasteiger partial charge on any atom is 0.0577 e. The van der Waals surface area contributed by atoms with Gasteiger partial charge in [-0.2, -0.15) is 0 Å². The van der Waals surface area contributed by atoms with Crippen molar-refractivity contribution in [2.24, 2.45) is 51.8 Å². The Labute approximate surface area is 193 Å². The maximum absolute atomic E-state index is 10.3. The van der Waals surface area contributed by atoms with Crippen LogP contribution in [-0.2, 0) is 0 Å². The minimum Gasteiger partial charge on any atom is -0.393 e. The van der Waals surface area contributed by atoms with Gasteiger partial charge >= 0.3 is 0 Å². The summed E-state index contributed by atoms with van der Waals surface area (Å²) in [5, 5.41) is 10.3. The monoisotopic (exact) mass is 426 g/mol. The standard InChI is InChI=1S/C30H50O/c1-8-22(20(2)3)10-9-21(4)25-11-12-26-29(25,6)18-15-27-28(5)17-14-24(31)19-23(28)13-16-30(26,27)7/h9-10,13,20-22,24-27,31H,8,11-12,14-19H2,1-7H3. The zero-order chi connectivity index (χ0) is 22.6. The predicted octanol–water partition coefficient (Wildman–Crippen LogP) is 8.19. The van der Waals surface area contributed by atoms with E-state index in [1.807, 2.05) is 0 Å². The average Bonchev–Trinajstić information content (AvgIpc) is 3.07. The Morgan fingerprint density at radius 3 is 2.39 bits per heavy atom. The van der Waals surface area contributed by atoms with E-state index < -0.39 is 0 Å². The molecule has 0 saturated heterocycles. The fourth-order valence-corrected chi connectivity index (χ4v) is 9.48. The lowest BCUT2D eigenvalue weighted by Crippen LogP contribution is -2.56. The van der Waals surface area contributed by atoms with E-state index in [4.69, 9.17) is 0 Å². The predicted molar refractivity (Wildman–Crippen MR) is 133 cm³/mol. The molecule has 0 spiro atoms. The van der Waals surface area contributed by atoms with Crippen molar-refractivity contribution in [1.29, 1.82) is 0 Å². The van der Waals surface area contributed by atoms with Gasteiger partial charge in [-0.1, -0.05) is 72.3 Å². The molecule has 9 unspecified atom stereocenters. The van der Waals surface area contributed by atoms with Crippen molar-refractivity contribution in [2.45, 2.75) is 112 Å².